The molecule has 0 spiro atoms. The molecule has 0 radical (unpaired) electrons. The smallest absolute Gasteiger partial charge is 0.491 e. The number of halogens is 4. The third-order valence-electron chi connectivity index (χ3n) is 21.2. The fourth-order valence-electron chi connectivity index (χ4n) is 15.3. The number of fused-ring (bicyclic) bond motifs is 8. The molecule has 1 saturated carbocycles. The lowest BCUT2D eigenvalue weighted by Gasteiger charge is -2.28. The molecule has 2 fully saturated rings. The number of hydrogen-bond donors (Lipinski definition) is 8. The molecule has 604 valence electrons. The Hall–Kier alpha value is -12.0. The van der Waals surface area contributed by atoms with Crippen molar-refractivity contribution in [3.8, 4) is 28.7 Å². The molecule has 4 amide bonds. The summed E-state index contributed by atoms with van der Waals surface area (Å²) < 4.78 is 93.2. The highest BCUT2D eigenvalue weighted by atomic mass is 19.4. The number of ether oxygens (including phenoxy) is 6. The van der Waals surface area contributed by atoms with Crippen LogP contribution in [0.1, 0.15) is 170 Å². The second-order valence-corrected chi connectivity index (χ2v) is 30.5. The Morgan fingerprint density at radius 3 is 1.50 bits per heavy atom. The Kier molecular flexibility index (Phi) is 22.9. The average molecular weight is 1590 g/mol. The predicted molar refractivity (Wildman–Crippen MR) is 425 cm³/mol. The molecule has 5 aliphatic heterocycles. The molecule has 8 aromatic heterocycles. The van der Waals surface area contributed by atoms with Crippen LogP contribution in [0.25, 0.3) is 22.1 Å². The van der Waals surface area contributed by atoms with Crippen molar-refractivity contribution < 1.29 is 65.2 Å². The fraction of sp³-hybridized carbons (Fsp3) is 0.349. The van der Waals surface area contributed by atoms with E-state index in [1.54, 1.807) is 54.8 Å². The highest BCUT2D eigenvalue weighted by molar-refractivity contribution is 6.00. The topological polar surface area (TPSA) is 289 Å². The van der Waals surface area contributed by atoms with Gasteiger partial charge in [0.1, 0.15) is 95.1 Å². The number of nitrogens with one attached hydrogen (secondary N) is 8. The van der Waals surface area contributed by atoms with Crippen molar-refractivity contribution >= 4 is 45.7 Å². The van der Waals surface area contributed by atoms with Crippen LogP contribution >= 0.6 is 0 Å². The van der Waals surface area contributed by atoms with Crippen LogP contribution in [0.2, 0.25) is 0 Å². The van der Waals surface area contributed by atoms with E-state index in [4.69, 9.17) is 28.7 Å². The minimum atomic E-state index is -4.82. The molecule has 1 unspecified atom stereocenters. The number of hydrogen-bond acceptors (Lipinski definition) is 18. The molecule has 116 heavy (non-hydrogen) atoms. The number of carbonyl (C=O) groups is 4. The fourth-order valence-corrected chi connectivity index (χ4v) is 15.3. The number of amides is 4. The summed E-state index contributed by atoms with van der Waals surface area (Å²) >= 11 is 0. The van der Waals surface area contributed by atoms with E-state index in [1.807, 2.05) is 117 Å². The minimum absolute atomic E-state index is 0.139. The summed E-state index contributed by atoms with van der Waals surface area (Å²) in [4.78, 5) is 70.9. The first-order chi connectivity index (χ1) is 55.9. The number of aryl methyl sites for hydroxylation is 2. The predicted octanol–water partition coefficient (Wildman–Crippen LogP) is 11.7. The molecule has 0 bridgehead atoms. The summed E-state index contributed by atoms with van der Waals surface area (Å²) in [5.41, 5.74) is 9.15. The van der Waals surface area contributed by atoms with E-state index in [2.05, 4.69) is 92.6 Å². The number of para-hydroxylation sites is 4. The van der Waals surface area contributed by atoms with Gasteiger partial charge in [0, 0.05) is 118 Å². The maximum absolute atomic E-state index is 14.6. The normalized spacial score (nSPS) is 16.9. The average Bonchev–Trinajstić information content (AvgIpc) is 1.60. The third-order valence-corrected chi connectivity index (χ3v) is 21.2. The van der Waals surface area contributed by atoms with Crippen molar-refractivity contribution in [2.45, 2.75) is 129 Å². The molecule has 13 heterocycles. The third kappa shape index (κ3) is 16.8. The molecular weight excluding hydrogens is 1490 g/mol. The lowest BCUT2D eigenvalue weighted by Crippen LogP contribution is -2.48. The second-order valence-electron chi connectivity index (χ2n) is 30.5. The summed E-state index contributed by atoms with van der Waals surface area (Å²) in [6.07, 6.45) is 10.2. The van der Waals surface area contributed by atoms with Crippen LogP contribution < -0.4 is 66.2 Å². The van der Waals surface area contributed by atoms with E-state index in [0.717, 1.165) is 94.2 Å². The van der Waals surface area contributed by atoms with Gasteiger partial charge in [-0.2, -0.15) is 0 Å². The van der Waals surface area contributed by atoms with Crippen LogP contribution in [0.4, 0.5) is 17.6 Å². The Morgan fingerprint density at radius 2 is 0.983 bits per heavy atom. The van der Waals surface area contributed by atoms with Gasteiger partial charge in [-0.05, 0) is 133 Å². The van der Waals surface area contributed by atoms with Gasteiger partial charge >= 0.3 is 6.36 Å². The van der Waals surface area contributed by atoms with E-state index in [0.29, 0.717) is 147 Å². The van der Waals surface area contributed by atoms with E-state index >= 15 is 0 Å². The van der Waals surface area contributed by atoms with Crippen LogP contribution in [0, 0.1) is 19.7 Å². The largest absolute Gasteiger partial charge is 0.573 e. The van der Waals surface area contributed by atoms with E-state index in [-0.39, 0.29) is 46.8 Å². The van der Waals surface area contributed by atoms with Gasteiger partial charge in [0.25, 0.3) is 23.6 Å². The molecule has 1 saturated heterocycles. The molecule has 12 aromatic rings. The summed E-state index contributed by atoms with van der Waals surface area (Å²) in [7, 11) is 0. The molecule has 8 N–H and O–H groups in total. The van der Waals surface area contributed by atoms with Crippen LogP contribution in [0.3, 0.4) is 0 Å². The zero-order valence-electron chi connectivity index (χ0n) is 65.4. The molecule has 30 heteroatoms. The summed E-state index contributed by atoms with van der Waals surface area (Å²) in [5, 5.41) is 25.4. The van der Waals surface area contributed by atoms with Crippen molar-refractivity contribution in [1.29, 1.82) is 0 Å². The van der Waals surface area contributed by atoms with Gasteiger partial charge in [-0.1, -0.05) is 60.7 Å². The van der Waals surface area contributed by atoms with Crippen molar-refractivity contribution in [3.05, 3.63) is 255 Å². The number of benzene rings is 4. The molecule has 1 aliphatic carbocycles. The van der Waals surface area contributed by atoms with E-state index in [9.17, 15) is 36.7 Å². The van der Waals surface area contributed by atoms with Crippen molar-refractivity contribution in [2.75, 3.05) is 65.8 Å². The number of alkyl halides is 3. The summed E-state index contributed by atoms with van der Waals surface area (Å²) in [6, 6.07) is 36.0. The number of pyridine rings is 4. The first-order valence-electron chi connectivity index (χ1n) is 38.9. The van der Waals surface area contributed by atoms with Crippen LogP contribution in [-0.4, -0.2) is 133 Å². The van der Waals surface area contributed by atoms with E-state index in [1.165, 1.54) is 28.8 Å². The maximum atomic E-state index is 14.6. The molecule has 2 atom stereocenters. The second kappa shape index (κ2) is 33.5. The number of nitrogens with zero attached hydrogens (tertiary/aromatic N) is 8. The Labute approximate surface area is 666 Å². The number of carbonyl (C=O) groups excluding carboxylic acids is 4. The first-order valence-corrected chi connectivity index (χ1v) is 38.9. The lowest BCUT2D eigenvalue weighted by molar-refractivity contribution is -0.274. The van der Waals surface area contributed by atoms with Gasteiger partial charge in [0.2, 0.25) is 0 Å². The molecular formula is C86H92F4N16O10. The first kappa shape index (κ1) is 79.3. The van der Waals surface area contributed by atoms with Crippen LogP contribution in [-0.2, 0) is 47.5 Å². The quantitative estimate of drug-likeness (QED) is 0.0470. The number of imidazole rings is 4. The molecule has 6 aliphatic rings. The lowest BCUT2D eigenvalue weighted by atomic mass is 9.96. The Bertz CT molecular complexity index is 5670. The number of aromatic nitrogens is 8. The van der Waals surface area contributed by atoms with Crippen LogP contribution in [0.15, 0.2) is 165 Å². The van der Waals surface area contributed by atoms with Gasteiger partial charge in [0.05, 0.1) is 81.3 Å². The minimum Gasteiger partial charge on any atom is -0.491 e. The van der Waals surface area contributed by atoms with Gasteiger partial charge < -0.3 is 79.8 Å². The van der Waals surface area contributed by atoms with Crippen molar-refractivity contribution in [1.82, 2.24) is 80.1 Å². The molecule has 18 rings (SSSR count). The van der Waals surface area contributed by atoms with Gasteiger partial charge in [-0.25, -0.2) is 24.3 Å². The van der Waals surface area contributed by atoms with Crippen molar-refractivity contribution in [3.63, 3.8) is 0 Å². The van der Waals surface area contributed by atoms with E-state index < -0.39 is 23.0 Å². The Balaban J connectivity index is 0.000000122. The molecule has 26 nitrogen and oxygen atoms in total. The van der Waals surface area contributed by atoms with Gasteiger partial charge in [-0.15, -0.1) is 13.2 Å². The monoisotopic (exact) mass is 1580 g/mol. The highest BCUT2D eigenvalue weighted by Gasteiger charge is 2.44. The standard InChI is InChI=1S/C23H25FN4O2.C22H24N4O3.C21H21F3N4O3.C20H22N4O2/c1-23(2,22-26-18(14-8-9-14)19-17(24)7-4-11-28(19)22)27-21(29)16-6-3-5-15-13-25-10-12-30-20(15)16;1-15-4-3-9-26-18(15)13-24-21(26)22(7-10-28-14-22)25-20(27)17-6-2-5-16-12-23-8-11-29-19(16)17;1-20(2,19-26-12-15-16(31-21(22,23)24)7-4-9-28(15)19)27-18(29)14-6-3-5-13-11-25-8-10-30-17(13)14;1-13-5-4-9-24-17(13)12-22-19(24)14(2)23-20(25)16-7-3-6-15-11-21-8-10-26-18(15)16/h3-7,11,14,25H,8-10,12-13H2,1-2H3,(H,27,29);2-6,9,13,23H,7-8,10-12,14H2,1H3,(H,25,27);3-7,9,12,25H,8,10-11H2,1-2H3,(H,27,29);3-7,9,12,14,21H,8,10-11H2,1-2H3,(H,23,25)/t;;;14-/m...0/s1. The van der Waals surface area contributed by atoms with Gasteiger partial charge in [0.15, 0.2) is 5.75 Å². The number of rotatable bonds is 14. The SMILES string of the molecule is CC(C)(NC(=O)c1cccc2c1OCCNC2)c1nc(C2CC2)c2c(F)cccn12.CC(C)(NC(=O)c1cccc2c1OCCNC2)c1ncc2c(OC(F)(F)F)cccn12.Cc1cccn2c(C3(NC(=O)c4cccc5c4OCCNC5)CCOC3)ncc12.Cc1cccn2c([C@H](C)NC(=O)c3cccc4c3OCCNC4)ncc12. The maximum Gasteiger partial charge on any atom is 0.573 e. The molecule has 4 aromatic carbocycles. The van der Waals surface area contributed by atoms with Gasteiger partial charge in [-0.3, -0.25) is 28.0 Å². The van der Waals surface area contributed by atoms with Crippen molar-refractivity contribution in [2.24, 2.45) is 0 Å². The van der Waals surface area contributed by atoms with Crippen LogP contribution in [0.5, 0.6) is 28.7 Å². The summed E-state index contributed by atoms with van der Waals surface area (Å²) in [6.45, 7) is 21.9. The Morgan fingerprint density at radius 1 is 0.526 bits per heavy atom. The highest BCUT2D eigenvalue weighted by Crippen LogP contribution is 2.44. The summed E-state index contributed by atoms with van der Waals surface area (Å²) in [5.74, 6) is 3.77. The zero-order chi connectivity index (χ0) is 81.0. The zero-order valence-corrected chi connectivity index (χ0v) is 65.4.